The molecule has 160 valence electrons. The number of benzene rings is 3. The molecule has 0 saturated heterocycles. The molecule has 7 nitrogen and oxygen atoms in total. The number of anilines is 1. The molecule has 0 radical (unpaired) electrons. The Labute approximate surface area is 180 Å². The summed E-state index contributed by atoms with van der Waals surface area (Å²) in [4.78, 5) is 36.4. The Morgan fingerprint density at radius 2 is 1.68 bits per heavy atom. The third kappa shape index (κ3) is 5.39. The molecule has 3 aromatic carbocycles. The van der Waals surface area contributed by atoms with Gasteiger partial charge < -0.3 is 20.5 Å². The van der Waals surface area contributed by atoms with E-state index in [1.807, 2.05) is 38.1 Å². The van der Waals surface area contributed by atoms with Gasteiger partial charge in [0.2, 0.25) is 0 Å². The zero-order valence-corrected chi connectivity index (χ0v) is 17.6. The number of nitrogens with one attached hydrogen (secondary N) is 2. The van der Waals surface area contributed by atoms with Crippen LogP contribution in [0.3, 0.4) is 0 Å². The fourth-order valence-electron chi connectivity index (χ4n) is 3.10. The van der Waals surface area contributed by atoms with Crippen molar-refractivity contribution in [2.75, 3.05) is 11.9 Å². The van der Waals surface area contributed by atoms with Gasteiger partial charge in [-0.05, 0) is 61.4 Å². The van der Waals surface area contributed by atoms with Gasteiger partial charge in [0.15, 0.2) is 6.61 Å². The molecule has 0 unspecified atom stereocenters. The number of carbonyl (C=O) groups is 3. The van der Waals surface area contributed by atoms with E-state index >= 15 is 0 Å². The molecule has 0 aromatic heterocycles. The summed E-state index contributed by atoms with van der Waals surface area (Å²) in [6, 6.07) is 15.4. The van der Waals surface area contributed by atoms with Gasteiger partial charge in [0.25, 0.3) is 11.8 Å². The Bertz CT molecular complexity index is 1150. The first-order chi connectivity index (χ1) is 14.7. The number of carbonyl (C=O) groups excluding carboxylic acids is 2. The molecule has 0 aliphatic heterocycles. The van der Waals surface area contributed by atoms with Crippen LogP contribution in [0.4, 0.5) is 5.69 Å². The lowest BCUT2D eigenvalue weighted by Crippen LogP contribution is -2.34. The summed E-state index contributed by atoms with van der Waals surface area (Å²) in [6.07, 6.45) is 0. The summed E-state index contributed by atoms with van der Waals surface area (Å²) >= 11 is 0. The van der Waals surface area contributed by atoms with Crippen LogP contribution in [0.2, 0.25) is 0 Å². The normalized spacial score (nSPS) is 10.7. The topological polar surface area (TPSA) is 105 Å². The van der Waals surface area contributed by atoms with E-state index in [9.17, 15) is 19.5 Å². The number of carboxylic acids is 1. The van der Waals surface area contributed by atoms with Crippen molar-refractivity contribution in [2.45, 2.75) is 26.8 Å². The fourth-order valence-corrected chi connectivity index (χ4v) is 3.10. The summed E-state index contributed by atoms with van der Waals surface area (Å²) in [7, 11) is 0. The molecule has 0 atom stereocenters. The lowest BCUT2D eigenvalue weighted by molar-refractivity contribution is -0.123. The molecular weight excluding hydrogens is 396 g/mol. The molecule has 0 fully saturated rings. The van der Waals surface area contributed by atoms with E-state index in [-0.39, 0.29) is 35.4 Å². The van der Waals surface area contributed by atoms with Crippen molar-refractivity contribution in [2.24, 2.45) is 0 Å². The number of carboxylic acid groups (broad SMARTS) is 1. The molecule has 0 aliphatic carbocycles. The maximum Gasteiger partial charge on any atom is 0.335 e. The van der Waals surface area contributed by atoms with Gasteiger partial charge in [-0.15, -0.1) is 0 Å². The van der Waals surface area contributed by atoms with Gasteiger partial charge in [0.1, 0.15) is 5.75 Å². The second kappa shape index (κ2) is 9.30. The van der Waals surface area contributed by atoms with Gasteiger partial charge in [-0.1, -0.05) is 30.3 Å². The standard InChI is InChI=1S/C24H24N2O5/c1-14(2)25-22(27)13-31-21-12-17-7-5-4-6-16(17)10-19(21)23(28)26-20-11-18(24(29)30)9-8-15(20)3/h4-12,14H,13H2,1-3H3,(H,25,27)(H,26,28)(H,29,30). The molecule has 3 rings (SSSR count). The van der Waals surface area contributed by atoms with Gasteiger partial charge in [-0.25, -0.2) is 4.79 Å². The Morgan fingerprint density at radius 3 is 2.32 bits per heavy atom. The highest BCUT2D eigenvalue weighted by Crippen LogP contribution is 2.28. The monoisotopic (exact) mass is 420 g/mol. The van der Waals surface area contributed by atoms with Crippen LogP contribution in [0.5, 0.6) is 5.75 Å². The quantitative estimate of drug-likeness (QED) is 0.536. The second-order valence-electron chi connectivity index (χ2n) is 7.50. The second-order valence-corrected chi connectivity index (χ2v) is 7.50. The van der Waals surface area contributed by atoms with Crippen LogP contribution >= 0.6 is 0 Å². The van der Waals surface area contributed by atoms with Crippen molar-refractivity contribution in [3.8, 4) is 5.75 Å². The number of hydrogen-bond acceptors (Lipinski definition) is 4. The first-order valence-corrected chi connectivity index (χ1v) is 9.85. The van der Waals surface area contributed by atoms with Crippen LogP contribution in [0.1, 0.15) is 40.1 Å². The van der Waals surface area contributed by atoms with Crippen LogP contribution in [0, 0.1) is 6.92 Å². The van der Waals surface area contributed by atoms with Crippen molar-refractivity contribution in [3.63, 3.8) is 0 Å². The predicted octanol–water partition coefficient (Wildman–Crippen LogP) is 4.00. The zero-order chi connectivity index (χ0) is 22.5. The molecule has 3 N–H and O–H groups in total. The highest BCUT2D eigenvalue weighted by molar-refractivity contribution is 6.09. The summed E-state index contributed by atoms with van der Waals surface area (Å²) in [5.41, 5.74) is 1.43. The largest absolute Gasteiger partial charge is 0.483 e. The van der Waals surface area contributed by atoms with E-state index in [2.05, 4.69) is 10.6 Å². The molecule has 0 heterocycles. The number of ether oxygens (including phenoxy) is 1. The van der Waals surface area contributed by atoms with Gasteiger partial charge in [-0.3, -0.25) is 9.59 Å². The van der Waals surface area contributed by atoms with Crippen molar-refractivity contribution < 1.29 is 24.2 Å². The number of rotatable bonds is 7. The number of fused-ring (bicyclic) bond motifs is 1. The molecular formula is C24H24N2O5. The SMILES string of the molecule is Cc1ccc(C(=O)O)cc1NC(=O)c1cc2ccccc2cc1OCC(=O)NC(C)C. The summed E-state index contributed by atoms with van der Waals surface area (Å²) in [5, 5.41) is 16.4. The molecule has 31 heavy (non-hydrogen) atoms. The number of amides is 2. The van der Waals surface area contributed by atoms with E-state index in [1.54, 1.807) is 25.1 Å². The van der Waals surface area contributed by atoms with Crippen molar-refractivity contribution in [1.29, 1.82) is 0 Å². The minimum Gasteiger partial charge on any atom is -0.483 e. The van der Waals surface area contributed by atoms with Crippen LogP contribution in [-0.2, 0) is 4.79 Å². The highest BCUT2D eigenvalue weighted by Gasteiger charge is 2.17. The van der Waals surface area contributed by atoms with E-state index in [4.69, 9.17) is 4.74 Å². The zero-order valence-electron chi connectivity index (χ0n) is 17.6. The average molecular weight is 420 g/mol. The average Bonchev–Trinajstić information content (AvgIpc) is 2.72. The van der Waals surface area contributed by atoms with Gasteiger partial charge in [0.05, 0.1) is 11.1 Å². The van der Waals surface area contributed by atoms with E-state index < -0.39 is 11.9 Å². The Balaban J connectivity index is 1.93. The van der Waals surface area contributed by atoms with Crippen LogP contribution in [-0.4, -0.2) is 35.5 Å². The molecule has 0 spiro atoms. The first-order valence-electron chi connectivity index (χ1n) is 9.85. The maximum absolute atomic E-state index is 13.1. The minimum atomic E-state index is -1.08. The summed E-state index contributed by atoms with van der Waals surface area (Å²) < 4.78 is 5.69. The Hall–Kier alpha value is -3.87. The number of hydrogen-bond donors (Lipinski definition) is 3. The highest BCUT2D eigenvalue weighted by atomic mass is 16.5. The Kier molecular flexibility index (Phi) is 6.55. The molecule has 2 amide bonds. The smallest absolute Gasteiger partial charge is 0.335 e. The van der Waals surface area contributed by atoms with Gasteiger partial charge in [-0.2, -0.15) is 0 Å². The summed E-state index contributed by atoms with van der Waals surface area (Å²) in [5.74, 6) is -1.57. The first kappa shape index (κ1) is 21.8. The lowest BCUT2D eigenvalue weighted by atomic mass is 10.0. The number of aromatic carboxylic acids is 1. The third-order valence-electron chi connectivity index (χ3n) is 4.63. The molecule has 0 bridgehead atoms. The van der Waals surface area contributed by atoms with Crippen LogP contribution < -0.4 is 15.4 Å². The maximum atomic E-state index is 13.1. The van der Waals surface area contributed by atoms with Crippen molar-refractivity contribution in [1.82, 2.24) is 5.32 Å². The predicted molar refractivity (Wildman–Crippen MR) is 119 cm³/mol. The van der Waals surface area contributed by atoms with Crippen molar-refractivity contribution in [3.05, 3.63) is 71.3 Å². The van der Waals surface area contributed by atoms with E-state index in [1.165, 1.54) is 12.1 Å². The van der Waals surface area contributed by atoms with Gasteiger partial charge in [0, 0.05) is 11.7 Å². The van der Waals surface area contributed by atoms with E-state index in [0.29, 0.717) is 5.69 Å². The van der Waals surface area contributed by atoms with Gasteiger partial charge >= 0.3 is 5.97 Å². The molecule has 3 aromatic rings. The molecule has 0 saturated carbocycles. The van der Waals surface area contributed by atoms with E-state index in [0.717, 1.165) is 16.3 Å². The van der Waals surface area contributed by atoms with Crippen LogP contribution in [0.15, 0.2) is 54.6 Å². The minimum absolute atomic E-state index is 0.0278. The molecule has 7 heteroatoms. The Morgan fingerprint density at radius 1 is 1.00 bits per heavy atom. The van der Waals surface area contributed by atoms with Crippen molar-refractivity contribution >= 4 is 34.2 Å². The molecule has 0 aliphatic rings. The number of aryl methyl sites for hydroxylation is 1. The summed E-state index contributed by atoms with van der Waals surface area (Å²) in [6.45, 7) is 5.24. The van der Waals surface area contributed by atoms with Crippen LogP contribution in [0.25, 0.3) is 10.8 Å². The lowest BCUT2D eigenvalue weighted by Gasteiger charge is -2.15. The third-order valence-corrected chi connectivity index (χ3v) is 4.63. The fraction of sp³-hybridized carbons (Fsp3) is 0.208.